The van der Waals surface area contributed by atoms with Crippen molar-refractivity contribution in [3.8, 4) is 6.07 Å². The fourth-order valence-electron chi connectivity index (χ4n) is 5.44. The van der Waals surface area contributed by atoms with E-state index in [0.29, 0.717) is 34.6 Å². The second-order valence-corrected chi connectivity index (χ2v) is 10.3. The summed E-state index contributed by atoms with van der Waals surface area (Å²) in [4.78, 5) is 27.2. The number of halogens is 1. The Hall–Kier alpha value is -4.51. The first-order chi connectivity index (χ1) is 17.6. The number of carbonyl (C=O) groups is 1. The number of allylic oxidation sites excluding steroid dienone is 3. The van der Waals surface area contributed by atoms with E-state index in [1.165, 1.54) is 18.2 Å². The van der Waals surface area contributed by atoms with Crippen LogP contribution in [-0.2, 0) is 4.79 Å². The molecule has 2 heterocycles. The van der Waals surface area contributed by atoms with Crippen molar-refractivity contribution in [3.63, 3.8) is 0 Å². The number of nitro benzene ring substituents is 1. The van der Waals surface area contributed by atoms with E-state index < -0.39 is 22.1 Å². The lowest BCUT2D eigenvalue weighted by atomic mass is 9.68. The Morgan fingerprint density at radius 2 is 1.84 bits per heavy atom. The molecule has 0 spiro atoms. The molecule has 0 radical (unpaired) electrons. The quantitative estimate of drug-likeness (QED) is 0.304. The van der Waals surface area contributed by atoms with Gasteiger partial charge in [0.05, 0.1) is 22.5 Å². The average molecular weight is 497 g/mol. The predicted molar refractivity (Wildman–Crippen MR) is 138 cm³/mol. The molecule has 0 fully saturated rings. The van der Waals surface area contributed by atoms with Crippen molar-refractivity contribution in [1.29, 1.82) is 5.26 Å². The molecule has 0 amide bonds. The molecule has 8 heteroatoms. The highest BCUT2D eigenvalue weighted by atomic mass is 19.1. The van der Waals surface area contributed by atoms with Gasteiger partial charge in [0.15, 0.2) is 5.78 Å². The fourth-order valence-corrected chi connectivity index (χ4v) is 5.44. The van der Waals surface area contributed by atoms with Crippen LogP contribution in [0.3, 0.4) is 0 Å². The number of anilines is 1. The van der Waals surface area contributed by atoms with Crippen LogP contribution in [0.1, 0.15) is 43.7 Å². The summed E-state index contributed by atoms with van der Waals surface area (Å²) in [7, 11) is 0. The van der Waals surface area contributed by atoms with Crippen LogP contribution in [0.25, 0.3) is 5.82 Å². The van der Waals surface area contributed by atoms with Gasteiger partial charge >= 0.3 is 0 Å². The molecular formula is C29H25FN4O3. The van der Waals surface area contributed by atoms with E-state index in [1.807, 2.05) is 13.8 Å². The van der Waals surface area contributed by atoms with Crippen LogP contribution in [0, 0.1) is 39.6 Å². The summed E-state index contributed by atoms with van der Waals surface area (Å²) in [5.74, 6) is -1.05. The first-order valence-corrected chi connectivity index (χ1v) is 12.0. The normalized spacial score (nSPS) is 19.1. The van der Waals surface area contributed by atoms with Gasteiger partial charge in [0.25, 0.3) is 5.69 Å². The molecule has 0 bridgehead atoms. The summed E-state index contributed by atoms with van der Waals surface area (Å²) >= 11 is 0. The minimum atomic E-state index is -0.808. The first kappa shape index (κ1) is 24.2. The summed E-state index contributed by atoms with van der Waals surface area (Å²) < 4.78 is 16.1. The van der Waals surface area contributed by atoms with Crippen molar-refractivity contribution in [3.05, 3.63) is 111 Å². The van der Waals surface area contributed by atoms with Crippen molar-refractivity contribution >= 4 is 23.0 Å². The molecule has 1 atom stereocenters. The Kier molecular flexibility index (Phi) is 5.79. The molecule has 2 aliphatic rings. The van der Waals surface area contributed by atoms with Gasteiger partial charge < -0.3 is 4.57 Å². The average Bonchev–Trinajstić information content (AvgIpc) is 3.36. The second kappa shape index (κ2) is 8.86. The van der Waals surface area contributed by atoms with Crippen LogP contribution in [0.5, 0.6) is 0 Å². The molecule has 186 valence electrons. The molecule has 1 aliphatic carbocycles. The van der Waals surface area contributed by atoms with Gasteiger partial charge in [0.2, 0.25) is 0 Å². The van der Waals surface area contributed by atoms with Crippen molar-refractivity contribution in [2.24, 2.45) is 5.41 Å². The predicted octanol–water partition coefficient (Wildman–Crippen LogP) is 6.48. The highest BCUT2D eigenvalue weighted by Crippen LogP contribution is 2.53. The molecule has 1 aromatic heterocycles. The largest absolute Gasteiger partial charge is 0.309 e. The molecule has 5 rings (SSSR count). The van der Waals surface area contributed by atoms with Gasteiger partial charge in [-0.05, 0) is 60.2 Å². The summed E-state index contributed by atoms with van der Waals surface area (Å²) in [5.41, 5.74) is 2.09. The fraction of sp³-hybridized carbons (Fsp3) is 0.241. The molecule has 0 N–H and O–H groups in total. The molecule has 1 unspecified atom stereocenters. The second-order valence-electron chi connectivity index (χ2n) is 10.3. The first-order valence-electron chi connectivity index (χ1n) is 12.0. The number of benzene rings is 2. The maximum Gasteiger partial charge on any atom is 0.293 e. The SMILES string of the molecule is Cc1ccc(N2C3=C(C(=O)CC(C)(C)C3)C(c3cccc(F)c3)C(C#N)=C2n2cccc2)c([N+](=O)[O-])c1. The number of Topliss-reactive ketones (excluding diaryl/α,β-unsaturated/α-hetero) is 1. The summed E-state index contributed by atoms with van der Waals surface area (Å²) in [5, 5.41) is 22.7. The summed E-state index contributed by atoms with van der Waals surface area (Å²) in [6.07, 6.45) is 4.20. The zero-order valence-electron chi connectivity index (χ0n) is 20.7. The number of nitriles is 1. The van der Waals surface area contributed by atoms with Crippen LogP contribution in [0.4, 0.5) is 15.8 Å². The van der Waals surface area contributed by atoms with E-state index in [9.17, 15) is 24.6 Å². The Bertz CT molecular complexity index is 1540. The third-order valence-electron chi connectivity index (χ3n) is 6.92. The van der Waals surface area contributed by atoms with Gasteiger partial charge in [-0.1, -0.05) is 32.0 Å². The van der Waals surface area contributed by atoms with Crippen molar-refractivity contribution in [2.75, 3.05) is 4.90 Å². The van der Waals surface area contributed by atoms with Gasteiger partial charge in [-0.15, -0.1) is 0 Å². The lowest BCUT2D eigenvalue weighted by molar-refractivity contribution is -0.384. The van der Waals surface area contributed by atoms with Crippen molar-refractivity contribution < 1.29 is 14.1 Å². The Morgan fingerprint density at radius 1 is 1.11 bits per heavy atom. The zero-order valence-corrected chi connectivity index (χ0v) is 20.7. The Balaban J connectivity index is 1.92. The maximum absolute atomic E-state index is 14.4. The van der Waals surface area contributed by atoms with E-state index in [-0.39, 0.29) is 29.2 Å². The van der Waals surface area contributed by atoms with Crippen LogP contribution < -0.4 is 4.90 Å². The number of rotatable bonds is 4. The summed E-state index contributed by atoms with van der Waals surface area (Å²) in [6, 6.07) is 16.7. The van der Waals surface area contributed by atoms with Crippen LogP contribution in [0.15, 0.2) is 83.8 Å². The van der Waals surface area contributed by atoms with Gasteiger partial charge in [0.1, 0.15) is 17.3 Å². The monoisotopic (exact) mass is 496 g/mol. The van der Waals surface area contributed by atoms with E-state index in [1.54, 1.807) is 65.2 Å². The Morgan fingerprint density at radius 3 is 2.49 bits per heavy atom. The minimum Gasteiger partial charge on any atom is -0.309 e. The van der Waals surface area contributed by atoms with Crippen LogP contribution in [0.2, 0.25) is 0 Å². The summed E-state index contributed by atoms with van der Waals surface area (Å²) in [6.45, 7) is 5.73. The molecule has 2 aromatic carbocycles. The number of carbonyl (C=O) groups excluding carboxylic acids is 1. The number of nitrogens with zero attached hydrogens (tertiary/aromatic N) is 4. The third kappa shape index (κ3) is 4.12. The van der Waals surface area contributed by atoms with E-state index in [0.717, 1.165) is 0 Å². The Labute approximate surface area is 213 Å². The van der Waals surface area contributed by atoms with Gasteiger partial charge in [-0.2, -0.15) is 5.26 Å². The van der Waals surface area contributed by atoms with Gasteiger partial charge in [-0.3, -0.25) is 19.8 Å². The standard InChI is InChI=1S/C29H25FN4O3/c1-18-9-10-22(23(13-18)34(36)37)33-24-15-29(2,3)16-25(35)27(24)26(19-7-6-8-20(30)14-19)21(17-31)28(33)32-11-4-5-12-32/h4-14,26H,15-16H2,1-3H3. The third-order valence-corrected chi connectivity index (χ3v) is 6.92. The van der Waals surface area contributed by atoms with Crippen LogP contribution >= 0.6 is 0 Å². The molecule has 37 heavy (non-hydrogen) atoms. The lowest BCUT2D eigenvalue weighted by Gasteiger charge is -2.44. The van der Waals surface area contributed by atoms with Gasteiger partial charge in [-0.25, -0.2) is 4.39 Å². The molecule has 1 aliphatic heterocycles. The highest BCUT2D eigenvalue weighted by molar-refractivity contribution is 6.04. The number of nitro groups is 1. The number of hydrogen-bond acceptors (Lipinski definition) is 5. The molecule has 0 saturated carbocycles. The van der Waals surface area contributed by atoms with Crippen LogP contribution in [-0.4, -0.2) is 15.3 Å². The van der Waals surface area contributed by atoms with Crippen molar-refractivity contribution in [2.45, 2.75) is 39.5 Å². The number of ketones is 1. The number of aromatic nitrogens is 1. The van der Waals surface area contributed by atoms with E-state index in [4.69, 9.17) is 0 Å². The number of hydrogen-bond donors (Lipinski definition) is 0. The van der Waals surface area contributed by atoms with E-state index >= 15 is 0 Å². The van der Waals surface area contributed by atoms with Crippen molar-refractivity contribution in [1.82, 2.24) is 4.57 Å². The van der Waals surface area contributed by atoms with Gasteiger partial charge in [0, 0.05) is 36.2 Å². The maximum atomic E-state index is 14.4. The smallest absolute Gasteiger partial charge is 0.293 e. The molecule has 7 nitrogen and oxygen atoms in total. The molecule has 3 aromatic rings. The minimum absolute atomic E-state index is 0.131. The lowest BCUT2D eigenvalue weighted by Crippen LogP contribution is -2.40. The molecular weight excluding hydrogens is 471 g/mol. The topological polar surface area (TPSA) is 92.2 Å². The zero-order chi connectivity index (χ0) is 26.5. The highest BCUT2D eigenvalue weighted by Gasteiger charge is 2.46. The molecule has 0 saturated heterocycles. The van der Waals surface area contributed by atoms with E-state index in [2.05, 4.69) is 6.07 Å². The number of aryl methyl sites for hydroxylation is 1.